The summed E-state index contributed by atoms with van der Waals surface area (Å²) >= 11 is 0. The lowest BCUT2D eigenvalue weighted by molar-refractivity contribution is -0.140. The second kappa shape index (κ2) is 8.31. The topological polar surface area (TPSA) is 76.8 Å². The first kappa shape index (κ1) is 18.4. The molecule has 3 aromatic rings. The Kier molecular flexibility index (Phi) is 5.66. The van der Waals surface area contributed by atoms with Crippen molar-refractivity contribution in [2.75, 3.05) is 13.7 Å². The number of esters is 1. The van der Waals surface area contributed by atoms with Crippen LogP contribution in [-0.4, -0.2) is 30.4 Å². The Morgan fingerprint density at radius 1 is 1.04 bits per heavy atom. The lowest BCUT2D eigenvalue weighted by atomic mass is 10.1. The minimum absolute atomic E-state index is 0.0357. The molecule has 0 spiro atoms. The zero-order valence-electron chi connectivity index (χ0n) is 14.9. The Labute approximate surface area is 156 Å². The Hall–Kier alpha value is -3.41. The molecule has 1 amide bonds. The van der Waals surface area contributed by atoms with Crippen LogP contribution in [0.5, 0.6) is 0 Å². The number of methoxy groups -OCH3 is 1. The van der Waals surface area contributed by atoms with Gasteiger partial charge in [-0.05, 0) is 17.7 Å². The fourth-order valence-electron chi connectivity index (χ4n) is 2.77. The number of ether oxygens (including phenoxy) is 1. The first-order chi connectivity index (χ1) is 13.1. The van der Waals surface area contributed by atoms with Crippen LogP contribution >= 0.6 is 0 Å². The third kappa shape index (κ3) is 4.41. The number of benzene rings is 2. The van der Waals surface area contributed by atoms with E-state index in [1.54, 1.807) is 24.3 Å². The monoisotopic (exact) mass is 365 g/mol. The molecule has 1 aromatic heterocycles. The summed E-state index contributed by atoms with van der Waals surface area (Å²) in [6.45, 7) is 0.398. The number of nitrogens with zero attached hydrogens (tertiary/aromatic N) is 1. The molecule has 0 radical (unpaired) electrons. The Morgan fingerprint density at radius 3 is 2.48 bits per heavy atom. The van der Waals surface area contributed by atoms with Gasteiger partial charge >= 0.3 is 11.6 Å². The Balaban J connectivity index is 1.92. The van der Waals surface area contributed by atoms with Gasteiger partial charge in [0.1, 0.15) is 11.1 Å². The summed E-state index contributed by atoms with van der Waals surface area (Å²) in [5, 5.41) is 0.660. The average Bonchev–Trinajstić information content (AvgIpc) is 2.70. The lowest BCUT2D eigenvalue weighted by Crippen LogP contribution is -2.35. The maximum Gasteiger partial charge on any atom is 0.349 e. The van der Waals surface area contributed by atoms with Gasteiger partial charge in [0, 0.05) is 18.5 Å². The van der Waals surface area contributed by atoms with Crippen molar-refractivity contribution < 1.29 is 18.7 Å². The van der Waals surface area contributed by atoms with E-state index in [-0.39, 0.29) is 25.1 Å². The summed E-state index contributed by atoms with van der Waals surface area (Å²) in [6, 6.07) is 17.9. The van der Waals surface area contributed by atoms with Gasteiger partial charge in [-0.1, -0.05) is 48.5 Å². The van der Waals surface area contributed by atoms with Crippen LogP contribution < -0.4 is 5.63 Å². The molecular weight excluding hydrogens is 346 g/mol. The molecule has 0 aliphatic heterocycles. The van der Waals surface area contributed by atoms with Crippen molar-refractivity contribution in [1.29, 1.82) is 0 Å². The third-order valence-electron chi connectivity index (χ3n) is 4.19. The SMILES string of the molecule is COC(=O)CCN(Cc1ccccc1)C(=O)c1cc2ccccc2oc1=O. The standard InChI is InChI=1S/C21H19NO5/c1-26-19(23)11-12-22(14-15-7-3-2-4-8-15)20(24)17-13-16-9-5-6-10-18(16)27-21(17)25/h2-10,13H,11-12,14H2,1H3. The van der Waals surface area contributed by atoms with Crippen LogP contribution in [0.1, 0.15) is 22.3 Å². The molecular formula is C21H19NO5. The molecule has 1 heterocycles. The van der Waals surface area contributed by atoms with E-state index in [2.05, 4.69) is 4.74 Å². The summed E-state index contributed by atoms with van der Waals surface area (Å²) in [7, 11) is 1.30. The molecule has 0 aliphatic rings. The number of carbonyl (C=O) groups excluding carboxylic acids is 2. The zero-order chi connectivity index (χ0) is 19.2. The van der Waals surface area contributed by atoms with E-state index in [4.69, 9.17) is 4.42 Å². The summed E-state index contributed by atoms with van der Waals surface area (Å²) in [6.07, 6.45) is 0.0357. The normalized spacial score (nSPS) is 10.6. The highest BCUT2D eigenvalue weighted by atomic mass is 16.5. The number of hydrogen-bond acceptors (Lipinski definition) is 5. The van der Waals surface area contributed by atoms with Gasteiger partial charge < -0.3 is 14.1 Å². The van der Waals surface area contributed by atoms with Gasteiger partial charge in [-0.15, -0.1) is 0 Å². The molecule has 3 rings (SSSR count). The molecule has 0 fully saturated rings. The van der Waals surface area contributed by atoms with E-state index in [1.165, 1.54) is 18.1 Å². The van der Waals surface area contributed by atoms with Crippen LogP contribution in [0.15, 0.2) is 69.9 Å². The molecule has 6 nitrogen and oxygen atoms in total. The van der Waals surface area contributed by atoms with Gasteiger partial charge in [0.15, 0.2) is 0 Å². The van der Waals surface area contributed by atoms with E-state index in [0.717, 1.165) is 5.56 Å². The van der Waals surface area contributed by atoms with Gasteiger partial charge in [-0.2, -0.15) is 0 Å². The molecule has 0 aliphatic carbocycles. The number of para-hydroxylation sites is 1. The molecule has 2 aromatic carbocycles. The van der Waals surface area contributed by atoms with Crippen molar-refractivity contribution in [3.05, 3.63) is 82.2 Å². The summed E-state index contributed by atoms with van der Waals surface area (Å²) in [5.74, 6) is -0.909. The quantitative estimate of drug-likeness (QED) is 0.496. The Morgan fingerprint density at radius 2 is 1.74 bits per heavy atom. The van der Waals surface area contributed by atoms with Crippen LogP contribution in [0.4, 0.5) is 0 Å². The molecule has 138 valence electrons. The summed E-state index contributed by atoms with van der Waals surface area (Å²) in [5.41, 5.74) is 0.549. The Bertz CT molecular complexity index is 1010. The van der Waals surface area contributed by atoms with Crippen molar-refractivity contribution in [2.24, 2.45) is 0 Å². The van der Waals surface area contributed by atoms with E-state index < -0.39 is 17.5 Å². The molecule has 6 heteroatoms. The number of amides is 1. The average molecular weight is 365 g/mol. The smallest absolute Gasteiger partial charge is 0.349 e. The van der Waals surface area contributed by atoms with Gasteiger partial charge in [-0.25, -0.2) is 4.79 Å². The maximum atomic E-state index is 13.0. The highest BCUT2D eigenvalue weighted by molar-refractivity contribution is 5.96. The zero-order valence-corrected chi connectivity index (χ0v) is 14.9. The van der Waals surface area contributed by atoms with E-state index >= 15 is 0 Å². The lowest BCUT2D eigenvalue weighted by Gasteiger charge is -2.22. The first-order valence-corrected chi connectivity index (χ1v) is 8.51. The second-order valence-corrected chi connectivity index (χ2v) is 6.02. The molecule has 0 N–H and O–H groups in total. The van der Waals surface area contributed by atoms with E-state index in [9.17, 15) is 14.4 Å². The highest BCUT2D eigenvalue weighted by Crippen LogP contribution is 2.15. The van der Waals surface area contributed by atoms with Crippen LogP contribution in [0, 0.1) is 0 Å². The van der Waals surface area contributed by atoms with Crippen molar-refractivity contribution in [1.82, 2.24) is 4.90 Å². The van der Waals surface area contributed by atoms with Crippen molar-refractivity contribution in [3.63, 3.8) is 0 Å². The fourth-order valence-corrected chi connectivity index (χ4v) is 2.77. The fraction of sp³-hybridized carbons (Fsp3) is 0.190. The molecule has 27 heavy (non-hydrogen) atoms. The molecule has 0 saturated heterocycles. The molecule has 0 saturated carbocycles. The van der Waals surface area contributed by atoms with Gasteiger partial charge in [0.05, 0.1) is 13.5 Å². The van der Waals surface area contributed by atoms with Crippen LogP contribution in [0.25, 0.3) is 11.0 Å². The second-order valence-electron chi connectivity index (χ2n) is 6.02. The predicted octanol–water partition coefficient (Wildman–Crippen LogP) is 3.00. The molecule has 0 atom stereocenters. The largest absolute Gasteiger partial charge is 0.469 e. The summed E-state index contributed by atoms with van der Waals surface area (Å²) < 4.78 is 9.93. The van der Waals surface area contributed by atoms with E-state index in [1.807, 2.05) is 30.3 Å². The van der Waals surface area contributed by atoms with Crippen molar-refractivity contribution >= 4 is 22.8 Å². The van der Waals surface area contributed by atoms with Crippen molar-refractivity contribution in [3.8, 4) is 0 Å². The minimum Gasteiger partial charge on any atom is -0.469 e. The third-order valence-corrected chi connectivity index (χ3v) is 4.19. The van der Waals surface area contributed by atoms with Crippen LogP contribution in [0.3, 0.4) is 0 Å². The van der Waals surface area contributed by atoms with Crippen LogP contribution in [-0.2, 0) is 16.1 Å². The van der Waals surface area contributed by atoms with Crippen LogP contribution in [0.2, 0.25) is 0 Å². The molecule has 0 bridgehead atoms. The van der Waals surface area contributed by atoms with Gasteiger partial charge in [0.2, 0.25) is 0 Å². The number of carbonyl (C=O) groups is 2. The van der Waals surface area contributed by atoms with E-state index in [0.29, 0.717) is 11.0 Å². The minimum atomic E-state index is -0.699. The first-order valence-electron chi connectivity index (χ1n) is 8.51. The number of rotatable bonds is 6. The maximum absolute atomic E-state index is 13.0. The van der Waals surface area contributed by atoms with Crippen molar-refractivity contribution in [2.45, 2.75) is 13.0 Å². The number of fused-ring (bicyclic) bond motifs is 1. The van der Waals surface area contributed by atoms with Gasteiger partial charge in [-0.3, -0.25) is 9.59 Å². The van der Waals surface area contributed by atoms with Gasteiger partial charge in [0.25, 0.3) is 5.91 Å². The summed E-state index contributed by atoms with van der Waals surface area (Å²) in [4.78, 5) is 38.3. The number of hydrogen-bond donors (Lipinski definition) is 0. The highest BCUT2D eigenvalue weighted by Gasteiger charge is 2.22. The molecule has 0 unspecified atom stereocenters. The predicted molar refractivity (Wildman–Crippen MR) is 100 cm³/mol.